The molecule has 1 aromatic carbocycles. The van der Waals surface area contributed by atoms with Gasteiger partial charge >= 0.3 is 12.3 Å². The largest absolute Gasteiger partial charge is 0.471 e. The number of anilines is 1. The lowest BCUT2D eigenvalue weighted by Crippen LogP contribution is -2.49. The van der Waals surface area contributed by atoms with Gasteiger partial charge in [0.1, 0.15) is 6.26 Å². The van der Waals surface area contributed by atoms with Crippen LogP contribution in [-0.4, -0.2) is 12.3 Å². The van der Waals surface area contributed by atoms with Crippen molar-refractivity contribution in [2.75, 3.05) is 5.32 Å². The molecule has 1 aliphatic rings. The van der Waals surface area contributed by atoms with Gasteiger partial charge < -0.3 is 9.15 Å². The molecular weight excluding hydrogens is 335 g/mol. The molecule has 0 fully saturated rings. The molecule has 0 saturated heterocycles. The molecule has 4 nitrogen and oxygen atoms in total. The first-order valence-electron chi connectivity index (χ1n) is 6.24. The number of fused-ring (bicyclic) bond motifs is 1. The lowest BCUT2D eigenvalue weighted by atomic mass is 9.90. The van der Waals surface area contributed by atoms with Gasteiger partial charge in [-0.2, -0.15) is 13.2 Å². The summed E-state index contributed by atoms with van der Waals surface area (Å²) in [6.45, 7) is 0. The number of furan rings is 1. The van der Waals surface area contributed by atoms with Gasteiger partial charge in [0.15, 0.2) is 0 Å². The van der Waals surface area contributed by atoms with Gasteiger partial charge in [-0.25, -0.2) is 4.79 Å². The number of hydrogen-bond acceptors (Lipinski definition) is 3. The number of carbonyl (C=O) groups is 1. The van der Waals surface area contributed by atoms with E-state index in [0.717, 1.165) is 6.07 Å². The molecule has 0 spiro atoms. The Balaban J connectivity index is 2.25. The minimum atomic E-state index is -4.97. The number of cyclic esters (lactones) is 1. The van der Waals surface area contributed by atoms with Gasteiger partial charge in [-0.15, -0.1) is 0 Å². The summed E-state index contributed by atoms with van der Waals surface area (Å²) in [5.74, 6) is 4.33. The quantitative estimate of drug-likeness (QED) is 0.727. The van der Waals surface area contributed by atoms with Crippen molar-refractivity contribution in [1.82, 2.24) is 0 Å². The molecule has 1 N–H and O–H groups in total. The van der Waals surface area contributed by atoms with Crippen molar-refractivity contribution in [1.29, 1.82) is 0 Å². The van der Waals surface area contributed by atoms with Crippen LogP contribution in [0.3, 0.4) is 0 Å². The second-order valence-electron chi connectivity index (χ2n) is 4.65. The average molecular weight is 342 g/mol. The Bertz CT molecular complexity index is 821. The predicted octanol–water partition coefficient (Wildman–Crippen LogP) is 4.30. The summed E-state index contributed by atoms with van der Waals surface area (Å²) in [6, 6.07) is 5.07. The summed E-state index contributed by atoms with van der Waals surface area (Å²) in [6.07, 6.45) is -3.78. The molecule has 0 radical (unpaired) electrons. The third-order valence-corrected chi connectivity index (χ3v) is 3.38. The molecule has 118 valence electrons. The Labute approximate surface area is 133 Å². The van der Waals surface area contributed by atoms with Crippen LogP contribution in [0.1, 0.15) is 11.1 Å². The second kappa shape index (κ2) is 5.25. The van der Waals surface area contributed by atoms with E-state index in [1.165, 1.54) is 30.7 Å². The van der Waals surface area contributed by atoms with Crippen molar-refractivity contribution < 1.29 is 27.1 Å². The lowest BCUT2D eigenvalue weighted by molar-refractivity contribution is -0.239. The fourth-order valence-electron chi connectivity index (χ4n) is 2.12. The Hall–Kier alpha value is -2.59. The van der Waals surface area contributed by atoms with Crippen molar-refractivity contribution in [3.63, 3.8) is 0 Å². The number of carbonyl (C=O) groups excluding carboxylic acids is 1. The second-order valence-corrected chi connectivity index (χ2v) is 5.08. The standard InChI is InChI=1S/C15H7ClF3NO3/c16-10-1-2-12-11(7-10)14(15(17,18)19,23-13(21)20-12)5-3-9-4-6-22-8-9/h1-2,4,6-8H,(H,20,21)/t14-/m0/s1. The third kappa shape index (κ3) is 2.62. The van der Waals surface area contributed by atoms with Crippen LogP contribution < -0.4 is 5.32 Å². The molecule has 0 saturated carbocycles. The number of ether oxygens (including phenoxy) is 1. The highest BCUT2D eigenvalue weighted by molar-refractivity contribution is 6.30. The van der Waals surface area contributed by atoms with Crippen LogP contribution in [0.25, 0.3) is 0 Å². The van der Waals surface area contributed by atoms with Crippen LogP contribution in [0.2, 0.25) is 5.02 Å². The van der Waals surface area contributed by atoms with E-state index in [2.05, 4.69) is 16.0 Å². The van der Waals surface area contributed by atoms with E-state index in [9.17, 15) is 18.0 Å². The number of halogens is 4. The summed E-state index contributed by atoms with van der Waals surface area (Å²) in [7, 11) is 0. The van der Waals surface area contributed by atoms with Crippen LogP contribution in [0, 0.1) is 11.8 Å². The Kier molecular flexibility index (Phi) is 3.49. The molecule has 3 rings (SSSR count). The fourth-order valence-corrected chi connectivity index (χ4v) is 2.29. The molecular formula is C15H7ClF3NO3. The number of hydrogen-bond donors (Lipinski definition) is 1. The lowest BCUT2D eigenvalue weighted by Gasteiger charge is -2.35. The highest BCUT2D eigenvalue weighted by Gasteiger charge is 2.62. The normalized spacial score (nSPS) is 19.9. The van der Waals surface area contributed by atoms with Crippen molar-refractivity contribution in [2.45, 2.75) is 11.8 Å². The minimum Gasteiger partial charge on any atom is -0.471 e. The zero-order chi connectivity index (χ0) is 16.7. The van der Waals surface area contributed by atoms with Gasteiger partial charge in [-0.3, -0.25) is 5.32 Å². The average Bonchev–Trinajstić information content (AvgIpc) is 2.97. The molecule has 1 aliphatic heterocycles. The third-order valence-electron chi connectivity index (χ3n) is 3.15. The van der Waals surface area contributed by atoms with Gasteiger partial charge in [0.05, 0.1) is 17.5 Å². The molecule has 1 amide bonds. The molecule has 0 unspecified atom stereocenters. The van der Waals surface area contributed by atoms with Crippen molar-refractivity contribution in [3.05, 3.63) is 52.9 Å². The van der Waals surface area contributed by atoms with E-state index in [1.54, 1.807) is 0 Å². The summed E-state index contributed by atoms with van der Waals surface area (Å²) in [4.78, 5) is 11.6. The zero-order valence-corrected chi connectivity index (χ0v) is 12.0. The smallest absolute Gasteiger partial charge is 0.445 e. The monoisotopic (exact) mass is 341 g/mol. The summed E-state index contributed by atoms with van der Waals surface area (Å²) in [5, 5.41) is 2.26. The summed E-state index contributed by atoms with van der Waals surface area (Å²) >= 11 is 5.79. The van der Waals surface area contributed by atoms with Crippen LogP contribution in [0.4, 0.5) is 23.7 Å². The molecule has 2 aromatic rings. The number of alkyl halides is 3. The van der Waals surface area contributed by atoms with E-state index in [1.807, 2.05) is 5.92 Å². The van der Waals surface area contributed by atoms with Crippen molar-refractivity contribution in [2.24, 2.45) is 0 Å². The Morgan fingerprint density at radius 3 is 2.70 bits per heavy atom. The SMILES string of the molecule is O=C1Nc2ccc(Cl)cc2[C@@](C#Cc2ccoc2)(C(F)(F)F)O1. The Morgan fingerprint density at radius 2 is 2.04 bits per heavy atom. The fraction of sp³-hybridized carbons (Fsp3) is 0.133. The van der Waals surface area contributed by atoms with Crippen molar-refractivity contribution in [3.8, 4) is 11.8 Å². The minimum absolute atomic E-state index is 0.0576. The van der Waals surface area contributed by atoms with Crippen LogP contribution in [-0.2, 0) is 10.3 Å². The van der Waals surface area contributed by atoms with Gasteiger partial charge in [-0.05, 0) is 30.2 Å². The molecule has 0 aliphatic carbocycles. The molecule has 0 bridgehead atoms. The first kappa shape index (κ1) is 15.3. The summed E-state index contributed by atoms with van der Waals surface area (Å²) < 4.78 is 50.5. The van der Waals surface area contributed by atoms with E-state index < -0.39 is 17.9 Å². The Morgan fingerprint density at radius 1 is 1.26 bits per heavy atom. The number of nitrogens with one attached hydrogen (secondary N) is 1. The molecule has 1 aromatic heterocycles. The van der Waals surface area contributed by atoms with Crippen molar-refractivity contribution >= 4 is 23.4 Å². The predicted molar refractivity (Wildman–Crippen MR) is 74.9 cm³/mol. The zero-order valence-electron chi connectivity index (χ0n) is 11.2. The van der Waals surface area contributed by atoms with E-state index >= 15 is 0 Å². The van der Waals surface area contributed by atoms with Crippen LogP contribution in [0.5, 0.6) is 0 Å². The summed E-state index contributed by atoms with van der Waals surface area (Å²) in [5.41, 5.74) is -3.35. The van der Waals surface area contributed by atoms with Gasteiger partial charge in [0.2, 0.25) is 0 Å². The van der Waals surface area contributed by atoms with E-state index in [4.69, 9.17) is 16.0 Å². The maximum atomic E-state index is 13.7. The molecule has 1 atom stereocenters. The van der Waals surface area contributed by atoms with Crippen LogP contribution in [0.15, 0.2) is 41.2 Å². The maximum absolute atomic E-state index is 13.7. The number of amides is 1. The van der Waals surface area contributed by atoms with E-state index in [0.29, 0.717) is 0 Å². The molecule has 2 heterocycles. The highest BCUT2D eigenvalue weighted by Crippen LogP contribution is 2.47. The van der Waals surface area contributed by atoms with Crippen LogP contribution >= 0.6 is 11.6 Å². The molecule has 23 heavy (non-hydrogen) atoms. The highest BCUT2D eigenvalue weighted by atomic mass is 35.5. The number of benzene rings is 1. The van der Waals surface area contributed by atoms with E-state index in [-0.39, 0.29) is 21.8 Å². The first-order valence-corrected chi connectivity index (χ1v) is 6.62. The number of rotatable bonds is 0. The molecule has 8 heteroatoms. The maximum Gasteiger partial charge on any atom is 0.445 e. The van der Waals surface area contributed by atoms with Gasteiger partial charge in [-0.1, -0.05) is 17.5 Å². The topological polar surface area (TPSA) is 51.5 Å². The van der Waals surface area contributed by atoms with Gasteiger partial charge in [0, 0.05) is 10.6 Å². The first-order chi connectivity index (χ1) is 10.8. The van der Waals surface area contributed by atoms with Gasteiger partial charge in [0.25, 0.3) is 5.60 Å².